The van der Waals surface area contributed by atoms with Gasteiger partial charge in [-0.25, -0.2) is 0 Å². The summed E-state index contributed by atoms with van der Waals surface area (Å²) in [5.41, 5.74) is 0.816. The molecule has 0 bridgehead atoms. The van der Waals surface area contributed by atoms with Gasteiger partial charge in [0.2, 0.25) is 5.91 Å². The molecule has 1 amide bonds. The molecule has 1 aromatic rings. The van der Waals surface area contributed by atoms with Crippen LogP contribution in [0.25, 0.3) is 0 Å². The Kier molecular flexibility index (Phi) is 4.74. The summed E-state index contributed by atoms with van der Waals surface area (Å²) in [6, 6.07) is 3.15. The zero-order valence-corrected chi connectivity index (χ0v) is 11.3. The first kappa shape index (κ1) is 13.8. The molecule has 0 aromatic carbocycles. The third-order valence-electron chi connectivity index (χ3n) is 3.44. The highest BCUT2D eigenvalue weighted by Gasteiger charge is 2.21. The molecule has 1 aliphatic heterocycles. The lowest BCUT2D eigenvalue weighted by Crippen LogP contribution is -2.46. The molecule has 1 aliphatic rings. The largest absolute Gasteiger partial charge is 0.506 e. The van der Waals surface area contributed by atoms with Crippen molar-refractivity contribution < 1.29 is 9.90 Å². The number of hydrogen-bond donors (Lipinski definition) is 2. The number of hydrogen-bond acceptors (Lipinski definition) is 4. The van der Waals surface area contributed by atoms with Crippen LogP contribution < -0.4 is 5.32 Å². The number of rotatable bonds is 4. The number of piperidine rings is 1. The Hall–Kier alpha value is -1.62. The topological polar surface area (TPSA) is 65.5 Å². The fourth-order valence-electron chi connectivity index (χ4n) is 2.25. The van der Waals surface area contributed by atoms with E-state index in [1.807, 2.05) is 11.8 Å². The van der Waals surface area contributed by atoms with Gasteiger partial charge < -0.3 is 15.3 Å². The van der Waals surface area contributed by atoms with Crippen molar-refractivity contribution in [2.75, 3.05) is 13.1 Å². The number of aromatic nitrogens is 1. The van der Waals surface area contributed by atoms with Crippen molar-refractivity contribution in [3.05, 3.63) is 24.0 Å². The average Bonchev–Trinajstić information content (AvgIpc) is 2.46. The van der Waals surface area contributed by atoms with Crippen molar-refractivity contribution in [2.24, 2.45) is 0 Å². The van der Waals surface area contributed by atoms with Crippen LogP contribution in [0.1, 0.15) is 31.9 Å². The maximum Gasteiger partial charge on any atom is 0.239 e. The molecule has 5 nitrogen and oxygen atoms in total. The van der Waals surface area contributed by atoms with Crippen LogP contribution in [0.15, 0.2) is 18.3 Å². The maximum absolute atomic E-state index is 12.2. The van der Waals surface area contributed by atoms with Crippen molar-refractivity contribution in [3.63, 3.8) is 0 Å². The van der Waals surface area contributed by atoms with Gasteiger partial charge in [0.05, 0.1) is 17.9 Å². The van der Waals surface area contributed by atoms with Gasteiger partial charge in [0.1, 0.15) is 5.75 Å². The third-order valence-corrected chi connectivity index (χ3v) is 3.44. The van der Waals surface area contributed by atoms with Crippen LogP contribution >= 0.6 is 0 Å². The summed E-state index contributed by atoms with van der Waals surface area (Å²) in [6.45, 7) is 4.17. The molecule has 1 aromatic heterocycles. The van der Waals surface area contributed by atoms with Crippen LogP contribution in [-0.2, 0) is 11.3 Å². The van der Waals surface area contributed by atoms with E-state index in [1.165, 1.54) is 12.6 Å². The highest BCUT2D eigenvalue weighted by atomic mass is 16.3. The van der Waals surface area contributed by atoms with Crippen LogP contribution in [0.3, 0.4) is 0 Å². The van der Waals surface area contributed by atoms with E-state index in [2.05, 4.69) is 10.3 Å². The van der Waals surface area contributed by atoms with Gasteiger partial charge in [-0.3, -0.25) is 9.78 Å². The van der Waals surface area contributed by atoms with Crippen molar-refractivity contribution >= 4 is 5.91 Å². The molecular weight excluding hydrogens is 242 g/mol. The SMILES string of the molecule is CC(NCc1ccc(O)cn1)C(=O)N1CCCCC1. The van der Waals surface area contributed by atoms with Crippen LogP contribution in [0.2, 0.25) is 0 Å². The zero-order chi connectivity index (χ0) is 13.7. The average molecular weight is 263 g/mol. The lowest BCUT2D eigenvalue weighted by molar-refractivity contribution is -0.133. The summed E-state index contributed by atoms with van der Waals surface area (Å²) >= 11 is 0. The monoisotopic (exact) mass is 263 g/mol. The number of carbonyl (C=O) groups excluding carboxylic acids is 1. The molecule has 1 fully saturated rings. The number of nitrogens with one attached hydrogen (secondary N) is 1. The van der Waals surface area contributed by atoms with Crippen molar-refractivity contribution in [1.82, 2.24) is 15.2 Å². The van der Waals surface area contributed by atoms with Gasteiger partial charge in [0, 0.05) is 19.6 Å². The van der Waals surface area contributed by atoms with Gasteiger partial charge in [0.15, 0.2) is 0 Å². The summed E-state index contributed by atoms with van der Waals surface area (Å²) in [5, 5.41) is 12.3. The fourth-order valence-corrected chi connectivity index (χ4v) is 2.25. The highest BCUT2D eigenvalue weighted by molar-refractivity contribution is 5.81. The van der Waals surface area contributed by atoms with Crippen LogP contribution in [-0.4, -0.2) is 40.0 Å². The van der Waals surface area contributed by atoms with Gasteiger partial charge in [0.25, 0.3) is 0 Å². The van der Waals surface area contributed by atoms with E-state index in [9.17, 15) is 4.79 Å². The van der Waals surface area contributed by atoms with E-state index >= 15 is 0 Å². The first-order valence-electron chi connectivity index (χ1n) is 6.83. The Balaban J connectivity index is 1.81. The van der Waals surface area contributed by atoms with Crippen LogP contribution in [0.5, 0.6) is 5.75 Å². The number of aromatic hydroxyl groups is 1. The normalized spacial score (nSPS) is 17.2. The molecule has 0 saturated carbocycles. The minimum atomic E-state index is -0.200. The number of pyridine rings is 1. The minimum Gasteiger partial charge on any atom is -0.506 e. The number of likely N-dealkylation sites (tertiary alicyclic amines) is 1. The number of carbonyl (C=O) groups is 1. The van der Waals surface area contributed by atoms with Gasteiger partial charge in [-0.15, -0.1) is 0 Å². The second kappa shape index (κ2) is 6.52. The molecule has 104 valence electrons. The molecule has 1 atom stereocenters. The molecule has 0 radical (unpaired) electrons. The van der Waals surface area contributed by atoms with Crippen LogP contribution in [0.4, 0.5) is 0 Å². The number of nitrogens with zero attached hydrogens (tertiary/aromatic N) is 2. The van der Waals surface area contributed by atoms with Gasteiger partial charge in [-0.05, 0) is 38.3 Å². The Labute approximate surface area is 113 Å². The number of amides is 1. The Morgan fingerprint density at radius 1 is 1.42 bits per heavy atom. The smallest absolute Gasteiger partial charge is 0.239 e. The van der Waals surface area contributed by atoms with E-state index in [0.29, 0.717) is 6.54 Å². The Morgan fingerprint density at radius 2 is 2.16 bits per heavy atom. The van der Waals surface area contributed by atoms with E-state index in [0.717, 1.165) is 31.6 Å². The second-order valence-electron chi connectivity index (χ2n) is 5.00. The highest BCUT2D eigenvalue weighted by Crippen LogP contribution is 2.10. The van der Waals surface area contributed by atoms with Crippen molar-refractivity contribution in [1.29, 1.82) is 0 Å². The van der Waals surface area contributed by atoms with E-state index < -0.39 is 0 Å². The zero-order valence-electron chi connectivity index (χ0n) is 11.3. The van der Waals surface area contributed by atoms with Gasteiger partial charge in [-0.2, -0.15) is 0 Å². The predicted molar refractivity (Wildman–Crippen MR) is 72.6 cm³/mol. The first-order valence-corrected chi connectivity index (χ1v) is 6.83. The Bertz CT molecular complexity index is 413. The molecule has 0 spiro atoms. The summed E-state index contributed by atoms with van der Waals surface area (Å²) in [4.78, 5) is 18.2. The standard InChI is InChI=1S/C14H21N3O2/c1-11(14(19)17-7-3-2-4-8-17)15-9-12-5-6-13(18)10-16-12/h5-6,10-11,15,18H,2-4,7-9H2,1H3. The molecular formula is C14H21N3O2. The van der Waals surface area contributed by atoms with Crippen molar-refractivity contribution in [3.8, 4) is 5.75 Å². The lowest BCUT2D eigenvalue weighted by atomic mass is 10.1. The van der Waals surface area contributed by atoms with Gasteiger partial charge >= 0.3 is 0 Å². The van der Waals surface area contributed by atoms with E-state index in [-0.39, 0.29) is 17.7 Å². The third kappa shape index (κ3) is 3.92. The fraction of sp³-hybridized carbons (Fsp3) is 0.571. The molecule has 2 rings (SSSR count). The molecule has 1 saturated heterocycles. The van der Waals surface area contributed by atoms with E-state index in [1.54, 1.807) is 12.1 Å². The lowest BCUT2D eigenvalue weighted by Gasteiger charge is -2.29. The second-order valence-corrected chi connectivity index (χ2v) is 5.00. The van der Waals surface area contributed by atoms with Crippen molar-refractivity contribution in [2.45, 2.75) is 38.8 Å². The van der Waals surface area contributed by atoms with Crippen LogP contribution in [0, 0.1) is 0 Å². The molecule has 5 heteroatoms. The maximum atomic E-state index is 12.2. The molecule has 19 heavy (non-hydrogen) atoms. The summed E-state index contributed by atoms with van der Waals surface area (Å²) < 4.78 is 0. The Morgan fingerprint density at radius 3 is 2.79 bits per heavy atom. The first-order chi connectivity index (χ1) is 9.16. The summed E-state index contributed by atoms with van der Waals surface area (Å²) in [5.74, 6) is 0.319. The van der Waals surface area contributed by atoms with E-state index in [4.69, 9.17) is 5.11 Å². The molecule has 2 N–H and O–H groups in total. The molecule has 1 unspecified atom stereocenters. The summed E-state index contributed by atoms with van der Waals surface area (Å²) in [6.07, 6.45) is 4.85. The minimum absolute atomic E-state index is 0.154. The quantitative estimate of drug-likeness (QED) is 0.859. The predicted octanol–water partition coefficient (Wildman–Crippen LogP) is 1.28. The molecule has 0 aliphatic carbocycles. The molecule has 2 heterocycles. The van der Waals surface area contributed by atoms with Gasteiger partial charge in [-0.1, -0.05) is 0 Å². The summed E-state index contributed by atoms with van der Waals surface area (Å²) in [7, 11) is 0.